The number of rotatable bonds is 1. The minimum Gasteiger partial charge on any atom is -0.468 e. The van der Waals surface area contributed by atoms with E-state index in [1.165, 1.54) is 7.11 Å². The monoisotopic (exact) mass is 203 g/mol. The van der Waals surface area contributed by atoms with Crippen molar-refractivity contribution in [2.24, 2.45) is 0 Å². The maximum Gasteiger partial charge on any atom is 0.326 e. The van der Waals surface area contributed by atoms with E-state index in [1.807, 2.05) is 0 Å². The Labute approximate surface area is 81.6 Å². The molecule has 14 heavy (non-hydrogen) atoms. The van der Waals surface area contributed by atoms with Gasteiger partial charge in [-0.2, -0.15) is 0 Å². The van der Waals surface area contributed by atoms with E-state index in [2.05, 4.69) is 4.74 Å². The molecule has 0 aromatic heterocycles. The molecule has 80 valence electrons. The van der Waals surface area contributed by atoms with Crippen LogP contribution in [0.2, 0.25) is 0 Å². The summed E-state index contributed by atoms with van der Waals surface area (Å²) in [5.74, 6) is -0.422. The highest BCUT2D eigenvalue weighted by atomic mass is 19.1. The normalized spacial score (nSPS) is 42.5. The van der Waals surface area contributed by atoms with Gasteiger partial charge in [0.25, 0.3) is 0 Å². The molecule has 0 bridgehead atoms. The molecule has 0 spiro atoms. The Morgan fingerprint density at radius 3 is 2.93 bits per heavy atom. The van der Waals surface area contributed by atoms with Gasteiger partial charge in [-0.3, -0.25) is 9.69 Å². The first-order valence-electron chi connectivity index (χ1n) is 4.74. The number of hydrogen-bond donors (Lipinski definition) is 1. The Balaban J connectivity index is 2.24. The van der Waals surface area contributed by atoms with Gasteiger partial charge in [-0.15, -0.1) is 0 Å². The van der Waals surface area contributed by atoms with Crippen molar-refractivity contribution in [3.05, 3.63) is 0 Å². The summed E-state index contributed by atoms with van der Waals surface area (Å²) in [5.41, 5.74) is -0.895. The molecule has 2 fully saturated rings. The van der Waals surface area contributed by atoms with Gasteiger partial charge in [-0.25, -0.2) is 4.39 Å². The predicted molar refractivity (Wildman–Crippen MR) is 46.5 cm³/mol. The van der Waals surface area contributed by atoms with Crippen LogP contribution in [0.25, 0.3) is 0 Å². The summed E-state index contributed by atoms with van der Waals surface area (Å²) in [6, 6.07) is 0. The Kier molecular flexibility index (Phi) is 2.23. The van der Waals surface area contributed by atoms with Crippen LogP contribution in [0.4, 0.5) is 4.39 Å². The third kappa shape index (κ3) is 1.23. The second-order valence-corrected chi connectivity index (χ2v) is 4.09. The zero-order valence-electron chi connectivity index (χ0n) is 8.07. The van der Waals surface area contributed by atoms with Crippen LogP contribution in [0.1, 0.15) is 12.8 Å². The molecule has 5 heteroatoms. The van der Waals surface area contributed by atoms with E-state index < -0.39 is 23.8 Å². The molecule has 2 heterocycles. The number of alkyl halides is 1. The van der Waals surface area contributed by atoms with Crippen molar-refractivity contribution in [3.63, 3.8) is 0 Å². The van der Waals surface area contributed by atoms with Gasteiger partial charge >= 0.3 is 5.97 Å². The van der Waals surface area contributed by atoms with Gasteiger partial charge in [0.15, 0.2) is 0 Å². The third-order valence-corrected chi connectivity index (χ3v) is 3.15. The highest BCUT2D eigenvalue weighted by Gasteiger charge is 2.57. The summed E-state index contributed by atoms with van der Waals surface area (Å²) in [6.45, 7) is 0.599. The molecule has 2 saturated heterocycles. The van der Waals surface area contributed by atoms with Crippen LogP contribution in [0.5, 0.6) is 0 Å². The first-order chi connectivity index (χ1) is 6.58. The largest absolute Gasteiger partial charge is 0.468 e. The lowest BCUT2D eigenvalue weighted by atomic mass is 9.93. The number of hydrogen-bond acceptors (Lipinski definition) is 4. The summed E-state index contributed by atoms with van der Waals surface area (Å²) in [5, 5.41) is 9.46. The van der Waals surface area contributed by atoms with E-state index >= 15 is 0 Å². The van der Waals surface area contributed by atoms with E-state index in [0.29, 0.717) is 13.0 Å². The number of fused-ring (bicyclic) bond motifs is 1. The van der Waals surface area contributed by atoms with Crippen LogP contribution >= 0.6 is 0 Å². The van der Waals surface area contributed by atoms with Crippen molar-refractivity contribution in [2.45, 2.75) is 30.7 Å². The fraction of sp³-hybridized carbons (Fsp3) is 0.889. The molecule has 0 radical (unpaired) electrons. The highest BCUT2D eigenvalue weighted by Crippen LogP contribution is 2.40. The Morgan fingerprint density at radius 2 is 2.29 bits per heavy atom. The molecule has 0 amide bonds. The van der Waals surface area contributed by atoms with Crippen molar-refractivity contribution in [1.82, 2.24) is 4.90 Å². The highest BCUT2D eigenvalue weighted by molar-refractivity contribution is 5.82. The average molecular weight is 203 g/mol. The molecule has 4 nitrogen and oxygen atoms in total. The topological polar surface area (TPSA) is 49.8 Å². The van der Waals surface area contributed by atoms with Gasteiger partial charge in [0.1, 0.15) is 11.7 Å². The lowest BCUT2D eigenvalue weighted by Gasteiger charge is -2.27. The summed E-state index contributed by atoms with van der Waals surface area (Å²) < 4.78 is 17.9. The summed E-state index contributed by atoms with van der Waals surface area (Å²) in [7, 11) is 1.30. The van der Waals surface area contributed by atoms with Crippen LogP contribution in [0.15, 0.2) is 0 Å². The molecule has 0 saturated carbocycles. The number of carbonyl (C=O) groups excluding carboxylic acids is 1. The molecular formula is C9H14FNO3. The molecule has 3 unspecified atom stereocenters. The number of esters is 1. The van der Waals surface area contributed by atoms with Crippen LogP contribution in [-0.4, -0.2) is 54.0 Å². The Morgan fingerprint density at radius 1 is 1.57 bits per heavy atom. The summed E-state index contributed by atoms with van der Waals surface area (Å²) in [4.78, 5) is 13.3. The van der Waals surface area contributed by atoms with Gasteiger partial charge in [0.05, 0.1) is 13.2 Å². The number of carbonyl (C=O) groups is 1. The quantitative estimate of drug-likeness (QED) is 0.595. The maximum absolute atomic E-state index is 13.2. The lowest BCUT2D eigenvalue weighted by molar-refractivity contribution is -0.152. The second kappa shape index (κ2) is 3.17. The van der Waals surface area contributed by atoms with Gasteiger partial charge in [0.2, 0.25) is 0 Å². The molecule has 3 atom stereocenters. The number of ether oxygens (including phenoxy) is 1. The fourth-order valence-electron chi connectivity index (χ4n) is 2.63. The Hall–Kier alpha value is -0.680. The number of aliphatic hydroxyl groups is 1. The SMILES string of the molecule is COC(=O)C12CC(O)CN1CC(F)C2. The Bertz CT molecular complexity index is 244. The molecule has 0 aliphatic carbocycles. The van der Waals surface area contributed by atoms with Crippen LogP contribution in [-0.2, 0) is 9.53 Å². The maximum atomic E-state index is 13.2. The number of halogens is 1. The van der Waals surface area contributed by atoms with E-state index in [4.69, 9.17) is 0 Å². The molecule has 0 aromatic rings. The fourth-order valence-corrected chi connectivity index (χ4v) is 2.63. The molecule has 2 rings (SSSR count). The molecule has 2 aliphatic heterocycles. The minimum atomic E-state index is -0.985. The van der Waals surface area contributed by atoms with E-state index in [0.717, 1.165) is 0 Å². The number of methoxy groups -OCH3 is 1. The number of β-amino-alcohol motifs (C(OH)–C–C–N with tert-alkyl or cyclic N) is 1. The van der Waals surface area contributed by atoms with Crippen LogP contribution in [0.3, 0.4) is 0 Å². The van der Waals surface area contributed by atoms with Crippen molar-refractivity contribution >= 4 is 5.97 Å². The molecule has 2 aliphatic rings. The average Bonchev–Trinajstić information content (AvgIpc) is 2.55. The van der Waals surface area contributed by atoms with E-state index in [1.54, 1.807) is 4.90 Å². The summed E-state index contributed by atoms with van der Waals surface area (Å²) in [6.07, 6.45) is -1.08. The van der Waals surface area contributed by atoms with Crippen molar-refractivity contribution in [1.29, 1.82) is 0 Å². The van der Waals surface area contributed by atoms with Crippen LogP contribution in [0, 0.1) is 0 Å². The lowest BCUT2D eigenvalue weighted by Crippen LogP contribution is -2.46. The zero-order valence-corrected chi connectivity index (χ0v) is 8.07. The van der Waals surface area contributed by atoms with Crippen LogP contribution < -0.4 is 0 Å². The van der Waals surface area contributed by atoms with Gasteiger partial charge in [-0.05, 0) is 0 Å². The first kappa shape index (κ1) is 9.86. The standard InChI is InChI=1S/C9H14FNO3/c1-14-8(13)9-2-6(10)4-11(9)5-7(12)3-9/h6-7,12H,2-5H2,1H3. The van der Waals surface area contributed by atoms with Gasteiger partial charge < -0.3 is 9.84 Å². The molecule has 0 aromatic carbocycles. The van der Waals surface area contributed by atoms with Gasteiger partial charge in [0, 0.05) is 25.9 Å². The van der Waals surface area contributed by atoms with E-state index in [-0.39, 0.29) is 13.0 Å². The predicted octanol–water partition coefficient (Wildman–Crippen LogP) is -0.293. The number of nitrogens with zero attached hydrogens (tertiary/aromatic N) is 1. The smallest absolute Gasteiger partial charge is 0.326 e. The second-order valence-electron chi connectivity index (χ2n) is 4.09. The first-order valence-corrected chi connectivity index (χ1v) is 4.74. The third-order valence-electron chi connectivity index (χ3n) is 3.15. The van der Waals surface area contributed by atoms with Gasteiger partial charge in [-0.1, -0.05) is 0 Å². The van der Waals surface area contributed by atoms with Crippen molar-refractivity contribution in [3.8, 4) is 0 Å². The van der Waals surface area contributed by atoms with E-state index in [9.17, 15) is 14.3 Å². The zero-order chi connectivity index (χ0) is 10.3. The number of aliphatic hydroxyl groups excluding tert-OH is 1. The van der Waals surface area contributed by atoms with Crippen molar-refractivity contribution in [2.75, 3.05) is 20.2 Å². The minimum absolute atomic E-state index is 0.150. The molecular weight excluding hydrogens is 189 g/mol. The summed E-state index contributed by atoms with van der Waals surface area (Å²) >= 11 is 0. The molecule has 1 N–H and O–H groups in total. The van der Waals surface area contributed by atoms with Crippen molar-refractivity contribution < 1.29 is 19.0 Å².